The molecule has 158 valence electrons. The molecule has 1 atom stereocenters. The maximum absolute atomic E-state index is 13.2. The van der Waals surface area contributed by atoms with Crippen molar-refractivity contribution in [3.8, 4) is 0 Å². The molecule has 7 heteroatoms. The summed E-state index contributed by atoms with van der Waals surface area (Å²) >= 11 is 0. The number of imidazole rings is 1. The van der Waals surface area contributed by atoms with Crippen LogP contribution in [0, 0.1) is 0 Å². The molecule has 1 unspecified atom stereocenters. The molecule has 1 N–H and O–H groups in total. The van der Waals surface area contributed by atoms with Gasteiger partial charge in [0.05, 0.1) is 23.7 Å². The van der Waals surface area contributed by atoms with Crippen LogP contribution >= 0.6 is 0 Å². The van der Waals surface area contributed by atoms with Gasteiger partial charge in [0.2, 0.25) is 5.91 Å². The Morgan fingerprint density at radius 2 is 1.97 bits per heavy atom. The van der Waals surface area contributed by atoms with Crippen LogP contribution in [0.15, 0.2) is 54.7 Å². The number of piperidine rings is 1. The van der Waals surface area contributed by atoms with Crippen LogP contribution in [0.4, 0.5) is 0 Å². The number of nitrogens with zero attached hydrogens (tertiary/aromatic N) is 3. The molecular formula is C24H24N4O3. The number of para-hydroxylation sites is 3. The van der Waals surface area contributed by atoms with Crippen molar-refractivity contribution in [2.24, 2.45) is 0 Å². The largest absolute Gasteiger partial charge is 0.465 e. The zero-order valence-electron chi connectivity index (χ0n) is 17.4. The molecule has 31 heavy (non-hydrogen) atoms. The summed E-state index contributed by atoms with van der Waals surface area (Å²) in [4.78, 5) is 35.4. The molecule has 1 fully saturated rings. The topological polar surface area (TPSA) is 80.2 Å². The van der Waals surface area contributed by atoms with Crippen LogP contribution in [-0.4, -0.2) is 51.5 Å². The Kier molecular flexibility index (Phi) is 4.94. The molecule has 5 rings (SSSR count). The SMILES string of the molecule is COC(=O)c1cn(CC(=O)N2CCCC(c3nc4ccccc4[nH]3)C2)c2ccccc12. The molecule has 4 aromatic rings. The lowest BCUT2D eigenvalue weighted by atomic mass is 9.97. The molecule has 1 saturated heterocycles. The molecule has 0 bridgehead atoms. The zero-order chi connectivity index (χ0) is 21.4. The highest BCUT2D eigenvalue weighted by molar-refractivity contribution is 6.04. The summed E-state index contributed by atoms with van der Waals surface area (Å²) in [7, 11) is 1.37. The minimum Gasteiger partial charge on any atom is -0.465 e. The first-order chi connectivity index (χ1) is 15.1. The highest BCUT2D eigenvalue weighted by Crippen LogP contribution is 2.28. The number of methoxy groups -OCH3 is 1. The fraction of sp³-hybridized carbons (Fsp3) is 0.292. The number of hydrogen-bond acceptors (Lipinski definition) is 4. The summed E-state index contributed by atoms with van der Waals surface area (Å²) in [5.41, 5.74) is 3.30. The number of hydrogen-bond donors (Lipinski definition) is 1. The predicted octanol–water partition coefficient (Wildman–Crippen LogP) is 3.71. The van der Waals surface area contributed by atoms with Gasteiger partial charge in [0, 0.05) is 36.1 Å². The van der Waals surface area contributed by atoms with Crippen molar-refractivity contribution in [1.29, 1.82) is 0 Å². The van der Waals surface area contributed by atoms with Gasteiger partial charge in [-0.25, -0.2) is 9.78 Å². The van der Waals surface area contributed by atoms with E-state index in [1.165, 1.54) is 7.11 Å². The number of fused-ring (bicyclic) bond motifs is 2. The third-order valence-electron chi connectivity index (χ3n) is 6.07. The molecule has 1 aliphatic rings. The highest BCUT2D eigenvalue weighted by Gasteiger charge is 2.27. The Balaban J connectivity index is 1.36. The fourth-order valence-corrected chi connectivity index (χ4v) is 4.49. The van der Waals surface area contributed by atoms with E-state index in [0.717, 1.165) is 47.1 Å². The number of aromatic amines is 1. The lowest BCUT2D eigenvalue weighted by Gasteiger charge is -2.32. The van der Waals surface area contributed by atoms with Gasteiger partial charge in [-0.3, -0.25) is 4.79 Å². The first-order valence-corrected chi connectivity index (χ1v) is 10.5. The minimum atomic E-state index is -0.398. The van der Waals surface area contributed by atoms with Crippen LogP contribution in [0.3, 0.4) is 0 Å². The average molecular weight is 416 g/mol. The maximum Gasteiger partial charge on any atom is 0.340 e. The fourth-order valence-electron chi connectivity index (χ4n) is 4.49. The van der Waals surface area contributed by atoms with Gasteiger partial charge in [-0.05, 0) is 31.0 Å². The van der Waals surface area contributed by atoms with Crippen LogP contribution in [0.5, 0.6) is 0 Å². The number of amides is 1. The Labute approximate surface area is 179 Å². The molecule has 1 amide bonds. The summed E-state index contributed by atoms with van der Waals surface area (Å²) in [6.45, 7) is 1.56. The van der Waals surface area contributed by atoms with Crippen molar-refractivity contribution in [2.75, 3.05) is 20.2 Å². The smallest absolute Gasteiger partial charge is 0.340 e. The number of carbonyl (C=O) groups excluding carboxylic acids is 2. The standard InChI is InChI=1S/C24H24N4O3/c1-31-24(30)18-14-28(21-11-5-2-8-17(18)21)15-22(29)27-12-6-7-16(13-27)23-25-19-9-3-4-10-20(19)26-23/h2-5,8-11,14,16H,6-7,12-13,15H2,1H3,(H,25,26). The minimum absolute atomic E-state index is 0.0398. The third-order valence-corrected chi connectivity index (χ3v) is 6.07. The van der Waals surface area contributed by atoms with Gasteiger partial charge in [0.1, 0.15) is 12.4 Å². The lowest BCUT2D eigenvalue weighted by Crippen LogP contribution is -2.41. The molecule has 0 spiro atoms. The molecule has 2 aromatic carbocycles. The number of nitrogens with one attached hydrogen (secondary N) is 1. The second-order valence-corrected chi connectivity index (χ2v) is 8.00. The second-order valence-electron chi connectivity index (χ2n) is 8.00. The van der Waals surface area contributed by atoms with Gasteiger partial charge in [-0.1, -0.05) is 30.3 Å². The third kappa shape index (κ3) is 3.56. The number of rotatable bonds is 4. The van der Waals surface area contributed by atoms with Crippen LogP contribution in [0.25, 0.3) is 21.9 Å². The number of likely N-dealkylation sites (tertiary alicyclic amines) is 1. The molecule has 0 saturated carbocycles. The van der Waals surface area contributed by atoms with Crippen molar-refractivity contribution in [1.82, 2.24) is 19.4 Å². The summed E-state index contributed by atoms with van der Waals surface area (Å²) in [5.74, 6) is 0.776. The molecule has 0 radical (unpaired) electrons. The average Bonchev–Trinajstić information content (AvgIpc) is 3.41. The van der Waals surface area contributed by atoms with Gasteiger partial charge in [0.15, 0.2) is 0 Å². The Bertz CT molecular complexity index is 1240. The first kappa shape index (κ1) is 19.4. The molecule has 0 aliphatic carbocycles. The van der Waals surface area contributed by atoms with E-state index in [1.807, 2.05) is 58.0 Å². The lowest BCUT2D eigenvalue weighted by molar-refractivity contribution is -0.133. The van der Waals surface area contributed by atoms with Gasteiger partial charge in [-0.15, -0.1) is 0 Å². The predicted molar refractivity (Wildman–Crippen MR) is 118 cm³/mol. The Hall–Kier alpha value is -3.61. The van der Waals surface area contributed by atoms with E-state index < -0.39 is 5.97 Å². The molecule has 7 nitrogen and oxygen atoms in total. The van der Waals surface area contributed by atoms with E-state index >= 15 is 0 Å². The number of ether oxygens (including phenoxy) is 1. The second kappa shape index (κ2) is 7.91. The van der Waals surface area contributed by atoms with E-state index in [4.69, 9.17) is 9.72 Å². The number of carbonyl (C=O) groups is 2. The van der Waals surface area contributed by atoms with Crippen LogP contribution < -0.4 is 0 Å². The number of H-pyrrole nitrogens is 1. The molecule has 1 aliphatic heterocycles. The van der Waals surface area contributed by atoms with Gasteiger partial charge >= 0.3 is 5.97 Å². The summed E-state index contributed by atoms with van der Waals surface area (Å²) < 4.78 is 6.75. The van der Waals surface area contributed by atoms with Crippen molar-refractivity contribution in [3.63, 3.8) is 0 Å². The van der Waals surface area contributed by atoms with Gasteiger partial charge < -0.3 is 19.2 Å². The summed E-state index contributed by atoms with van der Waals surface area (Å²) in [6.07, 6.45) is 3.66. The van der Waals surface area contributed by atoms with Crippen molar-refractivity contribution >= 4 is 33.8 Å². The van der Waals surface area contributed by atoms with Gasteiger partial charge in [-0.2, -0.15) is 0 Å². The van der Waals surface area contributed by atoms with E-state index in [0.29, 0.717) is 12.1 Å². The maximum atomic E-state index is 13.2. The zero-order valence-corrected chi connectivity index (χ0v) is 17.4. The van der Waals surface area contributed by atoms with Crippen LogP contribution in [-0.2, 0) is 16.1 Å². The van der Waals surface area contributed by atoms with Crippen molar-refractivity contribution < 1.29 is 14.3 Å². The number of esters is 1. The first-order valence-electron chi connectivity index (χ1n) is 10.5. The van der Waals surface area contributed by atoms with E-state index in [9.17, 15) is 9.59 Å². The molecule has 2 aromatic heterocycles. The van der Waals surface area contributed by atoms with Crippen molar-refractivity contribution in [3.05, 3.63) is 66.1 Å². The van der Waals surface area contributed by atoms with Crippen LogP contribution in [0.2, 0.25) is 0 Å². The highest BCUT2D eigenvalue weighted by atomic mass is 16.5. The van der Waals surface area contributed by atoms with E-state index in [-0.39, 0.29) is 18.4 Å². The van der Waals surface area contributed by atoms with Crippen LogP contribution in [0.1, 0.15) is 34.9 Å². The van der Waals surface area contributed by atoms with E-state index in [1.54, 1.807) is 6.20 Å². The summed E-state index contributed by atoms with van der Waals surface area (Å²) in [5, 5.41) is 0.793. The Morgan fingerprint density at radius 3 is 2.81 bits per heavy atom. The van der Waals surface area contributed by atoms with Crippen molar-refractivity contribution in [2.45, 2.75) is 25.3 Å². The summed E-state index contributed by atoms with van der Waals surface area (Å²) in [6, 6.07) is 15.6. The normalized spacial score (nSPS) is 16.7. The number of benzene rings is 2. The number of aromatic nitrogens is 3. The molecular weight excluding hydrogens is 392 g/mol. The van der Waals surface area contributed by atoms with E-state index in [2.05, 4.69) is 4.98 Å². The molecule has 3 heterocycles. The Morgan fingerprint density at radius 1 is 1.16 bits per heavy atom. The monoisotopic (exact) mass is 416 g/mol. The van der Waals surface area contributed by atoms with Gasteiger partial charge in [0.25, 0.3) is 0 Å². The quantitative estimate of drug-likeness (QED) is 0.514.